The number of aliphatic carboxylic acids is 1. The molecule has 1 amide bonds. The van der Waals surface area contributed by atoms with Gasteiger partial charge in [-0.15, -0.1) is 11.8 Å². The van der Waals surface area contributed by atoms with E-state index in [1.165, 1.54) is 18.2 Å². The highest BCUT2D eigenvalue weighted by Crippen LogP contribution is 2.21. The minimum atomic E-state index is -0.861. The Morgan fingerprint density at radius 3 is 2.65 bits per heavy atom. The third-order valence-corrected chi connectivity index (χ3v) is 3.93. The summed E-state index contributed by atoms with van der Waals surface area (Å²) >= 11 is 1.18. The van der Waals surface area contributed by atoms with Crippen LogP contribution in [0, 0.1) is 11.8 Å². The van der Waals surface area contributed by atoms with Gasteiger partial charge in [0.1, 0.15) is 0 Å². The van der Waals surface area contributed by atoms with Gasteiger partial charge in [-0.05, 0) is 24.7 Å². The van der Waals surface area contributed by atoms with Crippen LogP contribution in [0.3, 0.4) is 0 Å². The maximum atomic E-state index is 11.9. The number of rotatable bonds is 4. The van der Waals surface area contributed by atoms with Crippen molar-refractivity contribution < 1.29 is 14.7 Å². The van der Waals surface area contributed by atoms with Gasteiger partial charge in [0.15, 0.2) is 0 Å². The van der Waals surface area contributed by atoms with Crippen LogP contribution in [0.25, 0.3) is 0 Å². The standard InChI is InChI=1S/C12H21NO3S/c1-9-3-4-13(6-10(2)5-9)11(14)7-17-8-12(15)16/h9-10H,3-8H2,1-2H3,(H,15,16). The number of carboxylic acids is 1. The molecule has 17 heavy (non-hydrogen) atoms. The second-order valence-corrected chi connectivity index (χ2v) is 5.95. The van der Waals surface area contributed by atoms with Gasteiger partial charge >= 0.3 is 5.97 Å². The number of likely N-dealkylation sites (tertiary alicyclic amines) is 1. The number of amides is 1. The zero-order valence-corrected chi connectivity index (χ0v) is 11.3. The molecule has 2 unspecified atom stereocenters. The first kappa shape index (κ1) is 14.4. The Balaban J connectivity index is 2.37. The van der Waals surface area contributed by atoms with Crippen LogP contribution in [-0.4, -0.2) is 46.5 Å². The first-order valence-corrected chi connectivity index (χ1v) is 7.21. The molecule has 0 aromatic rings. The predicted molar refractivity (Wildman–Crippen MR) is 69.1 cm³/mol. The summed E-state index contributed by atoms with van der Waals surface area (Å²) in [5.74, 6) is 0.729. The third kappa shape index (κ3) is 5.44. The maximum Gasteiger partial charge on any atom is 0.313 e. The lowest BCUT2D eigenvalue weighted by atomic mass is 9.97. The minimum absolute atomic E-state index is 0.00549. The van der Waals surface area contributed by atoms with Gasteiger partial charge in [0.05, 0.1) is 11.5 Å². The second kappa shape index (κ2) is 6.89. The van der Waals surface area contributed by atoms with Crippen LogP contribution >= 0.6 is 11.8 Å². The molecule has 1 aliphatic rings. The van der Waals surface area contributed by atoms with E-state index in [2.05, 4.69) is 13.8 Å². The molecule has 5 heteroatoms. The first-order valence-electron chi connectivity index (χ1n) is 6.06. The number of carboxylic acid groups (broad SMARTS) is 1. The van der Waals surface area contributed by atoms with Crippen LogP contribution < -0.4 is 0 Å². The van der Waals surface area contributed by atoms with E-state index in [0.717, 1.165) is 19.5 Å². The van der Waals surface area contributed by atoms with E-state index in [4.69, 9.17) is 5.11 Å². The fourth-order valence-electron chi connectivity index (χ4n) is 2.27. The van der Waals surface area contributed by atoms with E-state index in [0.29, 0.717) is 11.8 Å². The summed E-state index contributed by atoms with van der Waals surface area (Å²) in [5.41, 5.74) is 0. The molecule has 0 aromatic heterocycles. The van der Waals surface area contributed by atoms with E-state index in [1.54, 1.807) is 0 Å². The quantitative estimate of drug-likeness (QED) is 0.835. The fraction of sp³-hybridized carbons (Fsp3) is 0.833. The molecule has 0 saturated carbocycles. The number of hydrogen-bond donors (Lipinski definition) is 1. The van der Waals surface area contributed by atoms with E-state index in [-0.39, 0.29) is 17.4 Å². The lowest BCUT2D eigenvalue weighted by Gasteiger charge is -2.22. The minimum Gasteiger partial charge on any atom is -0.481 e. The van der Waals surface area contributed by atoms with Crippen LogP contribution in [0.5, 0.6) is 0 Å². The van der Waals surface area contributed by atoms with Crippen molar-refractivity contribution in [1.82, 2.24) is 4.90 Å². The third-order valence-electron chi connectivity index (χ3n) is 3.03. The maximum absolute atomic E-state index is 11.9. The molecule has 0 bridgehead atoms. The monoisotopic (exact) mass is 259 g/mol. The second-order valence-electron chi connectivity index (χ2n) is 4.96. The summed E-state index contributed by atoms with van der Waals surface area (Å²) in [6, 6.07) is 0. The number of thioether (sulfide) groups is 1. The number of nitrogens with zero attached hydrogens (tertiary/aromatic N) is 1. The van der Waals surface area contributed by atoms with Gasteiger partial charge in [0.2, 0.25) is 5.91 Å². The molecule has 1 fully saturated rings. The largest absolute Gasteiger partial charge is 0.481 e. The number of carbonyl (C=O) groups is 2. The molecule has 1 heterocycles. The van der Waals surface area contributed by atoms with Crippen molar-refractivity contribution in [3.05, 3.63) is 0 Å². The lowest BCUT2D eigenvalue weighted by Crippen LogP contribution is -2.35. The van der Waals surface area contributed by atoms with Crippen molar-refractivity contribution in [2.45, 2.75) is 26.7 Å². The molecule has 0 aliphatic carbocycles. The molecule has 0 aromatic carbocycles. The Morgan fingerprint density at radius 1 is 1.29 bits per heavy atom. The Morgan fingerprint density at radius 2 is 2.00 bits per heavy atom. The van der Waals surface area contributed by atoms with E-state index < -0.39 is 5.97 Å². The van der Waals surface area contributed by atoms with Crippen LogP contribution in [0.4, 0.5) is 0 Å². The number of carbonyl (C=O) groups excluding carboxylic acids is 1. The smallest absolute Gasteiger partial charge is 0.313 e. The summed E-state index contributed by atoms with van der Waals surface area (Å²) in [6.45, 7) is 6.03. The average molecular weight is 259 g/mol. The SMILES string of the molecule is CC1CCN(C(=O)CSCC(=O)O)CC(C)C1. The van der Waals surface area contributed by atoms with Crippen molar-refractivity contribution in [2.24, 2.45) is 11.8 Å². The summed E-state index contributed by atoms with van der Waals surface area (Å²) in [5, 5.41) is 8.51. The molecular weight excluding hydrogens is 238 g/mol. The molecule has 1 saturated heterocycles. The van der Waals surface area contributed by atoms with Crippen LogP contribution in [0.2, 0.25) is 0 Å². The van der Waals surface area contributed by atoms with Crippen LogP contribution in [-0.2, 0) is 9.59 Å². The normalized spacial score (nSPS) is 25.4. The molecular formula is C12H21NO3S. The molecule has 1 aliphatic heterocycles. The molecule has 0 radical (unpaired) electrons. The highest BCUT2D eigenvalue weighted by Gasteiger charge is 2.22. The summed E-state index contributed by atoms with van der Waals surface area (Å²) in [6.07, 6.45) is 2.23. The summed E-state index contributed by atoms with van der Waals surface area (Å²) in [4.78, 5) is 24.2. The van der Waals surface area contributed by atoms with Crippen molar-refractivity contribution in [2.75, 3.05) is 24.6 Å². The Kier molecular flexibility index (Phi) is 5.82. The average Bonchev–Trinajstić information content (AvgIpc) is 2.38. The van der Waals surface area contributed by atoms with E-state index >= 15 is 0 Å². The van der Waals surface area contributed by atoms with Gasteiger partial charge in [-0.25, -0.2) is 0 Å². The first-order chi connectivity index (χ1) is 7.99. The molecule has 98 valence electrons. The van der Waals surface area contributed by atoms with Crippen LogP contribution in [0.1, 0.15) is 26.7 Å². The van der Waals surface area contributed by atoms with Gasteiger partial charge in [0, 0.05) is 13.1 Å². The fourth-order valence-corrected chi connectivity index (χ4v) is 2.90. The zero-order valence-electron chi connectivity index (χ0n) is 10.5. The summed E-state index contributed by atoms with van der Waals surface area (Å²) in [7, 11) is 0. The number of hydrogen-bond acceptors (Lipinski definition) is 3. The van der Waals surface area contributed by atoms with E-state index in [1.807, 2.05) is 4.90 Å². The van der Waals surface area contributed by atoms with Crippen molar-refractivity contribution in [3.63, 3.8) is 0 Å². The van der Waals surface area contributed by atoms with Gasteiger partial charge in [-0.1, -0.05) is 13.8 Å². The molecule has 2 atom stereocenters. The highest BCUT2D eigenvalue weighted by molar-refractivity contribution is 8.00. The Labute approximate surface area is 107 Å². The topological polar surface area (TPSA) is 57.6 Å². The zero-order chi connectivity index (χ0) is 12.8. The van der Waals surface area contributed by atoms with Gasteiger partial charge in [-0.2, -0.15) is 0 Å². The highest BCUT2D eigenvalue weighted by atomic mass is 32.2. The summed E-state index contributed by atoms with van der Waals surface area (Å²) < 4.78 is 0. The van der Waals surface area contributed by atoms with Crippen molar-refractivity contribution in [3.8, 4) is 0 Å². The molecule has 1 N–H and O–H groups in total. The van der Waals surface area contributed by atoms with Crippen molar-refractivity contribution in [1.29, 1.82) is 0 Å². The van der Waals surface area contributed by atoms with Gasteiger partial charge in [-0.3, -0.25) is 9.59 Å². The molecule has 1 rings (SSSR count). The van der Waals surface area contributed by atoms with Crippen molar-refractivity contribution >= 4 is 23.6 Å². The van der Waals surface area contributed by atoms with Gasteiger partial charge < -0.3 is 10.0 Å². The Hall–Kier alpha value is -0.710. The Bertz CT molecular complexity index is 283. The van der Waals surface area contributed by atoms with E-state index in [9.17, 15) is 9.59 Å². The lowest BCUT2D eigenvalue weighted by molar-refractivity contribution is -0.133. The predicted octanol–water partition coefficient (Wildman–Crippen LogP) is 1.70. The van der Waals surface area contributed by atoms with Crippen LogP contribution in [0.15, 0.2) is 0 Å². The molecule has 0 spiro atoms. The van der Waals surface area contributed by atoms with Gasteiger partial charge in [0.25, 0.3) is 0 Å². The molecule has 4 nitrogen and oxygen atoms in total.